The molecule has 0 aliphatic rings. The molecule has 2 aromatic rings. The van der Waals surface area contributed by atoms with Crippen LogP contribution >= 0.6 is 23.4 Å². The number of aryl methyl sites for hydroxylation is 2. The lowest BCUT2D eigenvalue weighted by Gasteiger charge is -2.06. The van der Waals surface area contributed by atoms with E-state index >= 15 is 0 Å². The number of H-pyrrole nitrogens is 1. The van der Waals surface area contributed by atoms with Gasteiger partial charge in [-0.3, -0.25) is 4.79 Å². The Kier molecular flexibility index (Phi) is 5.03. The Bertz CT molecular complexity index is 730. The van der Waals surface area contributed by atoms with Gasteiger partial charge in [0.1, 0.15) is 5.03 Å². The van der Waals surface area contributed by atoms with Gasteiger partial charge >= 0.3 is 5.69 Å². The van der Waals surface area contributed by atoms with Crippen LogP contribution in [0.2, 0.25) is 5.02 Å². The molecule has 0 saturated heterocycles. The van der Waals surface area contributed by atoms with E-state index in [9.17, 15) is 9.59 Å². The van der Waals surface area contributed by atoms with Gasteiger partial charge in [-0.1, -0.05) is 29.4 Å². The Morgan fingerprint density at radius 3 is 2.81 bits per heavy atom. The number of anilines is 1. The number of aromatic nitrogens is 2. The molecular weight excluding hydrogens is 310 g/mol. The van der Waals surface area contributed by atoms with Gasteiger partial charge < -0.3 is 10.3 Å². The average Bonchev–Trinajstić information content (AvgIpc) is 2.40. The number of rotatable bonds is 4. The van der Waals surface area contributed by atoms with Crippen molar-refractivity contribution in [3.8, 4) is 0 Å². The maximum Gasteiger partial charge on any atom is 0.346 e. The third-order valence-corrected chi connectivity index (χ3v) is 3.98. The molecule has 21 heavy (non-hydrogen) atoms. The largest absolute Gasteiger partial charge is 0.346 e. The summed E-state index contributed by atoms with van der Waals surface area (Å²) in [7, 11) is 0. The van der Waals surface area contributed by atoms with Crippen molar-refractivity contribution in [3.05, 3.63) is 51.0 Å². The summed E-state index contributed by atoms with van der Waals surface area (Å²) in [6.45, 7) is 3.66. The molecule has 1 aromatic carbocycles. The van der Waals surface area contributed by atoms with E-state index in [4.69, 9.17) is 11.6 Å². The lowest BCUT2D eigenvalue weighted by Crippen LogP contribution is -2.16. The van der Waals surface area contributed by atoms with Crippen molar-refractivity contribution < 1.29 is 4.79 Å². The molecule has 0 aliphatic carbocycles. The summed E-state index contributed by atoms with van der Waals surface area (Å²) in [6.07, 6.45) is 0. The number of hydrogen-bond acceptors (Lipinski definition) is 4. The van der Waals surface area contributed by atoms with Gasteiger partial charge in [0.25, 0.3) is 0 Å². The van der Waals surface area contributed by atoms with Crippen LogP contribution in [0.5, 0.6) is 0 Å². The third kappa shape index (κ3) is 4.61. The first-order chi connectivity index (χ1) is 9.94. The lowest BCUT2D eigenvalue weighted by atomic mass is 10.2. The van der Waals surface area contributed by atoms with Crippen molar-refractivity contribution in [2.75, 3.05) is 11.1 Å². The second-order valence-electron chi connectivity index (χ2n) is 4.51. The number of aromatic amines is 1. The maximum absolute atomic E-state index is 11.9. The van der Waals surface area contributed by atoms with Crippen LogP contribution in [-0.2, 0) is 4.79 Å². The van der Waals surface area contributed by atoms with Crippen molar-refractivity contribution >= 4 is 35.0 Å². The molecule has 0 spiro atoms. The third-order valence-electron chi connectivity index (χ3n) is 2.66. The summed E-state index contributed by atoms with van der Waals surface area (Å²) in [4.78, 5) is 29.4. The SMILES string of the molecule is Cc1cc(SCC(=O)Nc2ccc(C)c(Cl)c2)nc(=O)[nH]1. The monoisotopic (exact) mass is 323 g/mol. The molecule has 0 aliphatic heterocycles. The van der Waals surface area contributed by atoms with Gasteiger partial charge in [0.2, 0.25) is 5.91 Å². The number of carbonyl (C=O) groups excluding carboxylic acids is 1. The molecule has 0 bridgehead atoms. The number of halogens is 1. The maximum atomic E-state index is 11.9. The predicted molar refractivity (Wildman–Crippen MR) is 85.1 cm³/mol. The van der Waals surface area contributed by atoms with Crippen molar-refractivity contribution in [2.45, 2.75) is 18.9 Å². The molecule has 1 amide bonds. The van der Waals surface area contributed by atoms with Crippen LogP contribution in [0, 0.1) is 13.8 Å². The van der Waals surface area contributed by atoms with Crippen molar-refractivity contribution in [1.29, 1.82) is 0 Å². The number of nitrogens with one attached hydrogen (secondary N) is 2. The fraction of sp³-hybridized carbons (Fsp3) is 0.214. The highest BCUT2D eigenvalue weighted by atomic mass is 35.5. The first-order valence-corrected chi connectivity index (χ1v) is 7.57. The zero-order valence-electron chi connectivity index (χ0n) is 11.6. The van der Waals surface area contributed by atoms with Gasteiger partial charge in [0.15, 0.2) is 0 Å². The number of hydrogen-bond donors (Lipinski definition) is 2. The van der Waals surface area contributed by atoms with Crippen LogP contribution in [0.15, 0.2) is 34.1 Å². The summed E-state index contributed by atoms with van der Waals surface area (Å²) in [5.41, 5.74) is 1.89. The molecule has 0 fully saturated rings. The van der Waals surface area contributed by atoms with Gasteiger partial charge in [0.05, 0.1) is 5.75 Å². The number of benzene rings is 1. The van der Waals surface area contributed by atoms with E-state index in [-0.39, 0.29) is 11.7 Å². The minimum Gasteiger partial charge on any atom is -0.325 e. The Labute approximate surface area is 131 Å². The van der Waals surface area contributed by atoms with Crippen LogP contribution in [0.3, 0.4) is 0 Å². The Balaban J connectivity index is 1.95. The smallest absolute Gasteiger partial charge is 0.325 e. The van der Waals surface area contributed by atoms with E-state index in [0.29, 0.717) is 21.4 Å². The van der Waals surface area contributed by atoms with E-state index in [1.165, 1.54) is 11.8 Å². The molecule has 0 atom stereocenters. The molecule has 2 N–H and O–H groups in total. The minimum atomic E-state index is -0.414. The average molecular weight is 324 g/mol. The van der Waals surface area contributed by atoms with Gasteiger partial charge in [-0.2, -0.15) is 4.98 Å². The topological polar surface area (TPSA) is 74.8 Å². The molecule has 1 heterocycles. The predicted octanol–water partition coefficient (Wildman–Crippen LogP) is 2.77. The second-order valence-corrected chi connectivity index (χ2v) is 5.91. The number of thioether (sulfide) groups is 1. The molecule has 5 nitrogen and oxygen atoms in total. The van der Waals surface area contributed by atoms with E-state index in [1.807, 2.05) is 13.0 Å². The highest BCUT2D eigenvalue weighted by Crippen LogP contribution is 2.20. The zero-order valence-corrected chi connectivity index (χ0v) is 13.1. The van der Waals surface area contributed by atoms with Crippen molar-refractivity contribution in [2.24, 2.45) is 0 Å². The second kappa shape index (κ2) is 6.78. The highest BCUT2D eigenvalue weighted by Gasteiger charge is 2.06. The van der Waals surface area contributed by atoms with Gasteiger partial charge in [0, 0.05) is 16.4 Å². The first kappa shape index (κ1) is 15.6. The van der Waals surface area contributed by atoms with Gasteiger partial charge in [-0.25, -0.2) is 4.79 Å². The standard InChI is InChI=1S/C14H14ClN3O2S/c1-8-3-4-10(6-11(8)15)17-12(19)7-21-13-5-9(2)16-14(20)18-13/h3-6H,7H2,1-2H3,(H,17,19)(H,16,18,20). The summed E-state index contributed by atoms with van der Waals surface area (Å²) in [5, 5.41) is 3.88. The van der Waals surface area contributed by atoms with Crippen molar-refractivity contribution in [3.63, 3.8) is 0 Å². The molecule has 2 rings (SSSR count). The Morgan fingerprint density at radius 2 is 2.14 bits per heavy atom. The van der Waals surface area contributed by atoms with E-state index < -0.39 is 5.69 Å². The number of amides is 1. The van der Waals surface area contributed by atoms with Gasteiger partial charge in [-0.05, 0) is 37.6 Å². The molecule has 0 radical (unpaired) electrons. The van der Waals surface area contributed by atoms with Crippen LogP contribution in [-0.4, -0.2) is 21.6 Å². The summed E-state index contributed by atoms with van der Waals surface area (Å²) in [6, 6.07) is 7.06. The number of carbonyl (C=O) groups is 1. The van der Waals surface area contributed by atoms with E-state index in [0.717, 1.165) is 5.56 Å². The van der Waals surface area contributed by atoms with Gasteiger partial charge in [-0.15, -0.1) is 0 Å². The van der Waals surface area contributed by atoms with E-state index in [2.05, 4.69) is 15.3 Å². The Hall–Kier alpha value is -1.79. The highest BCUT2D eigenvalue weighted by molar-refractivity contribution is 7.99. The normalized spacial score (nSPS) is 10.4. The molecule has 1 aromatic heterocycles. The quantitative estimate of drug-likeness (QED) is 0.670. The first-order valence-electron chi connectivity index (χ1n) is 6.21. The number of nitrogens with zero attached hydrogens (tertiary/aromatic N) is 1. The van der Waals surface area contributed by atoms with Crippen LogP contribution < -0.4 is 11.0 Å². The van der Waals surface area contributed by atoms with E-state index in [1.54, 1.807) is 25.1 Å². The van der Waals surface area contributed by atoms with Crippen LogP contribution in [0.1, 0.15) is 11.3 Å². The molecular formula is C14H14ClN3O2S. The fourth-order valence-corrected chi connectivity index (χ4v) is 2.57. The summed E-state index contributed by atoms with van der Waals surface area (Å²) in [5.74, 6) is -0.0128. The zero-order chi connectivity index (χ0) is 15.4. The summed E-state index contributed by atoms with van der Waals surface area (Å²) >= 11 is 7.21. The molecule has 0 saturated carbocycles. The fourth-order valence-electron chi connectivity index (χ4n) is 1.63. The molecule has 7 heteroatoms. The van der Waals surface area contributed by atoms with Crippen LogP contribution in [0.4, 0.5) is 5.69 Å². The lowest BCUT2D eigenvalue weighted by molar-refractivity contribution is -0.113. The van der Waals surface area contributed by atoms with Crippen molar-refractivity contribution in [1.82, 2.24) is 9.97 Å². The van der Waals surface area contributed by atoms with Crippen LogP contribution in [0.25, 0.3) is 0 Å². The molecule has 0 unspecified atom stereocenters. The minimum absolute atomic E-state index is 0.168. The molecule has 110 valence electrons. The summed E-state index contributed by atoms with van der Waals surface area (Å²) < 4.78 is 0. The Morgan fingerprint density at radius 1 is 1.38 bits per heavy atom.